The smallest absolute Gasteiger partial charge is 0.224 e. The van der Waals surface area contributed by atoms with Gasteiger partial charge in [0, 0.05) is 13.1 Å². The molecule has 0 bridgehead atoms. The number of rotatable bonds is 6. The van der Waals surface area contributed by atoms with Crippen molar-refractivity contribution < 1.29 is 0 Å². The Morgan fingerprint density at radius 2 is 2.11 bits per heavy atom. The summed E-state index contributed by atoms with van der Waals surface area (Å²) in [4.78, 5) is 10.6. The van der Waals surface area contributed by atoms with Gasteiger partial charge in [-0.2, -0.15) is 15.1 Å². The van der Waals surface area contributed by atoms with Crippen molar-refractivity contribution in [3.63, 3.8) is 0 Å². The third-order valence-electron chi connectivity index (χ3n) is 2.94. The topological polar surface area (TPSA) is 95.7 Å². The van der Waals surface area contributed by atoms with Crippen LogP contribution in [-0.4, -0.2) is 51.2 Å². The molecule has 0 saturated carbocycles. The summed E-state index contributed by atoms with van der Waals surface area (Å²) in [6.07, 6.45) is 1.70. The highest BCUT2D eigenvalue weighted by Gasteiger charge is 2.07. The first kappa shape index (κ1) is 12.6. The molecule has 7 nitrogen and oxygen atoms in total. The second-order valence-electron chi connectivity index (χ2n) is 4.02. The summed E-state index contributed by atoms with van der Waals surface area (Å²) in [5.74, 6) is 0.982. The molecule has 0 radical (unpaired) electrons. The largest absolute Gasteiger partial charge is 0.368 e. The summed E-state index contributed by atoms with van der Waals surface area (Å²) in [7, 11) is 0. The molecule has 98 valence electrons. The van der Waals surface area contributed by atoms with Crippen LogP contribution >= 0.6 is 0 Å². The van der Waals surface area contributed by atoms with Crippen LogP contribution in [0.5, 0.6) is 0 Å². The van der Waals surface area contributed by atoms with Gasteiger partial charge in [0.1, 0.15) is 5.82 Å². The van der Waals surface area contributed by atoms with Gasteiger partial charge in [-0.05, 0) is 13.1 Å². The summed E-state index contributed by atoms with van der Waals surface area (Å²) in [6, 6.07) is 0. The Morgan fingerprint density at radius 3 is 2.83 bits per heavy atom. The van der Waals surface area contributed by atoms with E-state index in [4.69, 9.17) is 5.73 Å². The molecule has 18 heavy (non-hydrogen) atoms. The third-order valence-corrected chi connectivity index (χ3v) is 2.94. The first-order chi connectivity index (χ1) is 8.74. The SMILES string of the molecule is CCN(CC)CCNc1nc(N)nc2[nH]ncc12. The van der Waals surface area contributed by atoms with Crippen molar-refractivity contribution in [2.45, 2.75) is 13.8 Å². The number of nitrogens with one attached hydrogen (secondary N) is 2. The van der Waals surface area contributed by atoms with Crippen molar-refractivity contribution in [2.75, 3.05) is 37.2 Å². The van der Waals surface area contributed by atoms with Crippen LogP contribution in [0.1, 0.15) is 13.8 Å². The van der Waals surface area contributed by atoms with Gasteiger partial charge in [0.2, 0.25) is 5.95 Å². The summed E-state index contributed by atoms with van der Waals surface area (Å²) in [6.45, 7) is 8.19. The van der Waals surface area contributed by atoms with Gasteiger partial charge in [-0.25, -0.2) is 0 Å². The Balaban J connectivity index is 2.05. The number of hydrogen-bond donors (Lipinski definition) is 3. The van der Waals surface area contributed by atoms with Gasteiger partial charge in [0.25, 0.3) is 0 Å². The van der Waals surface area contributed by atoms with Crippen LogP contribution in [0, 0.1) is 0 Å². The van der Waals surface area contributed by atoms with E-state index in [1.807, 2.05) is 0 Å². The lowest BCUT2D eigenvalue weighted by molar-refractivity contribution is 0.316. The Kier molecular flexibility index (Phi) is 3.93. The molecule has 0 aromatic carbocycles. The van der Waals surface area contributed by atoms with E-state index in [1.54, 1.807) is 6.20 Å². The van der Waals surface area contributed by atoms with Crippen molar-refractivity contribution in [1.29, 1.82) is 0 Å². The summed E-state index contributed by atoms with van der Waals surface area (Å²) < 4.78 is 0. The molecule has 0 aliphatic heterocycles. The van der Waals surface area contributed by atoms with Crippen LogP contribution < -0.4 is 11.1 Å². The lowest BCUT2D eigenvalue weighted by Gasteiger charge is -2.18. The molecule has 2 aromatic rings. The number of anilines is 2. The predicted molar refractivity (Wildman–Crippen MR) is 72.4 cm³/mol. The van der Waals surface area contributed by atoms with E-state index in [0.717, 1.165) is 37.4 Å². The highest BCUT2D eigenvalue weighted by molar-refractivity contribution is 5.86. The van der Waals surface area contributed by atoms with E-state index >= 15 is 0 Å². The molecule has 0 spiro atoms. The lowest BCUT2D eigenvalue weighted by Crippen LogP contribution is -2.28. The van der Waals surface area contributed by atoms with Gasteiger partial charge < -0.3 is 16.0 Å². The second kappa shape index (κ2) is 5.63. The van der Waals surface area contributed by atoms with E-state index in [0.29, 0.717) is 5.65 Å². The summed E-state index contributed by atoms with van der Waals surface area (Å²) in [5.41, 5.74) is 6.31. The molecule has 7 heteroatoms. The average Bonchev–Trinajstić information content (AvgIpc) is 2.82. The molecular formula is C11H19N7. The monoisotopic (exact) mass is 249 g/mol. The van der Waals surface area contributed by atoms with Crippen LogP contribution in [0.2, 0.25) is 0 Å². The molecule has 2 rings (SSSR count). The number of nitrogens with two attached hydrogens (primary N) is 1. The molecule has 0 saturated heterocycles. The maximum Gasteiger partial charge on any atom is 0.224 e. The van der Waals surface area contributed by atoms with Gasteiger partial charge in [0.15, 0.2) is 5.65 Å². The molecular weight excluding hydrogens is 230 g/mol. The first-order valence-electron chi connectivity index (χ1n) is 6.17. The normalized spacial score (nSPS) is 11.3. The number of fused-ring (bicyclic) bond motifs is 1. The van der Waals surface area contributed by atoms with Crippen LogP contribution in [0.25, 0.3) is 11.0 Å². The fraction of sp³-hybridized carbons (Fsp3) is 0.545. The molecule has 2 aromatic heterocycles. The maximum atomic E-state index is 5.65. The van der Waals surface area contributed by atoms with Crippen molar-refractivity contribution >= 4 is 22.8 Å². The fourth-order valence-electron chi connectivity index (χ4n) is 1.86. The average molecular weight is 249 g/mol. The standard InChI is InChI=1S/C11H19N7/c1-3-18(4-2)6-5-13-9-8-7-14-17-10(8)16-11(12)15-9/h7H,3-6H2,1-2H3,(H4,12,13,14,15,16,17). The fourth-order valence-corrected chi connectivity index (χ4v) is 1.86. The third kappa shape index (κ3) is 2.67. The molecule has 2 heterocycles. The zero-order valence-electron chi connectivity index (χ0n) is 10.8. The Morgan fingerprint density at radius 1 is 1.33 bits per heavy atom. The maximum absolute atomic E-state index is 5.65. The van der Waals surface area contributed by atoms with Crippen molar-refractivity contribution in [2.24, 2.45) is 0 Å². The van der Waals surface area contributed by atoms with Crippen molar-refractivity contribution in [3.05, 3.63) is 6.20 Å². The second-order valence-corrected chi connectivity index (χ2v) is 4.02. The van der Waals surface area contributed by atoms with E-state index < -0.39 is 0 Å². The molecule has 4 N–H and O–H groups in total. The molecule has 0 fully saturated rings. The molecule has 0 aliphatic rings. The number of likely N-dealkylation sites (N-methyl/N-ethyl adjacent to an activating group) is 1. The van der Waals surface area contributed by atoms with Gasteiger partial charge >= 0.3 is 0 Å². The van der Waals surface area contributed by atoms with Gasteiger partial charge in [-0.1, -0.05) is 13.8 Å². The Bertz CT molecular complexity index is 503. The molecule has 0 atom stereocenters. The van der Waals surface area contributed by atoms with Crippen molar-refractivity contribution in [3.8, 4) is 0 Å². The highest BCUT2D eigenvalue weighted by Crippen LogP contribution is 2.18. The van der Waals surface area contributed by atoms with Crippen LogP contribution in [-0.2, 0) is 0 Å². The van der Waals surface area contributed by atoms with Crippen LogP contribution in [0.15, 0.2) is 6.20 Å². The van der Waals surface area contributed by atoms with E-state index in [-0.39, 0.29) is 5.95 Å². The summed E-state index contributed by atoms with van der Waals surface area (Å²) >= 11 is 0. The van der Waals surface area contributed by atoms with Crippen LogP contribution in [0.3, 0.4) is 0 Å². The highest BCUT2D eigenvalue weighted by atomic mass is 15.2. The van der Waals surface area contributed by atoms with E-state index in [9.17, 15) is 0 Å². The van der Waals surface area contributed by atoms with Gasteiger partial charge in [0.05, 0.1) is 11.6 Å². The minimum absolute atomic E-state index is 0.247. The Hall–Kier alpha value is -1.89. The molecule has 0 amide bonds. The molecule has 0 unspecified atom stereocenters. The lowest BCUT2D eigenvalue weighted by atomic mass is 10.4. The van der Waals surface area contributed by atoms with E-state index in [2.05, 4.69) is 44.2 Å². The minimum atomic E-state index is 0.247. The summed E-state index contributed by atoms with van der Waals surface area (Å²) in [5, 5.41) is 10.9. The number of hydrogen-bond acceptors (Lipinski definition) is 6. The number of aromatic nitrogens is 4. The quantitative estimate of drug-likeness (QED) is 0.697. The molecule has 0 aliphatic carbocycles. The predicted octanol–water partition coefficient (Wildman–Crippen LogP) is 0.689. The van der Waals surface area contributed by atoms with Crippen LogP contribution in [0.4, 0.5) is 11.8 Å². The van der Waals surface area contributed by atoms with Gasteiger partial charge in [-0.15, -0.1) is 0 Å². The number of nitrogen functional groups attached to an aromatic ring is 1. The number of H-pyrrole nitrogens is 1. The zero-order valence-corrected chi connectivity index (χ0v) is 10.8. The van der Waals surface area contributed by atoms with Crippen molar-refractivity contribution in [1.82, 2.24) is 25.1 Å². The first-order valence-corrected chi connectivity index (χ1v) is 6.17. The number of aromatic amines is 1. The zero-order chi connectivity index (χ0) is 13.0. The minimum Gasteiger partial charge on any atom is -0.368 e. The van der Waals surface area contributed by atoms with Gasteiger partial charge in [-0.3, -0.25) is 5.10 Å². The number of nitrogens with zero attached hydrogens (tertiary/aromatic N) is 4. The Labute approximate surface area is 106 Å². The van der Waals surface area contributed by atoms with E-state index in [1.165, 1.54) is 0 Å².